The second-order valence-corrected chi connectivity index (χ2v) is 6.27. The van der Waals surface area contributed by atoms with Crippen molar-refractivity contribution in [3.05, 3.63) is 59.7 Å². The summed E-state index contributed by atoms with van der Waals surface area (Å²) < 4.78 is 32.2. The van der Waals surface area contributed by atoms with Gasteiger partial charge in [-0.05, 0) is 35.4 Å². The smallest absolute Gasteiger partial charge is 0.261 e. The number of ether oxygens (including phenoxy) is 1. The van der Waals surface area contributed by atoms with Crippen LogP contribution in [0, 0.1) is 0 Å². The van der Waals surface area contributed by atoms with E-state index in [2.05, 4.69) is 4.72 Å². The molecule has 0 spiro atoms. The quantitative estimate of drug-likeness (QED) is 0.856. The van der Waals surface area contributed by atoms with Crippen LogP contribution < -0.4 is 10.5 Å². The Balaban J connectivity index is 2.21. The summed E-state index contributed by atoms with van der Waals surface area (Å²) in [6.07, 6.45) is 0. The number of sulfonamides is 1. The molecule has 6 heteroatoms. The average molecular weight is 306 g/mol. The van der Waals surface area contributed by atoms with E-state index in [1.165, 1.54) is 0 Å². The molecule has 0 atom stereocenters. The highest BCUT2D eigenvalue weighted by Crippen LogP contribution is 2.18. The standard InChI is InChI=1S/C15H18N2O3S/c1-20-11-13-3-2-4-14(9-13)17-21(18,19)15-7-5-12(10-16)6-8-15/h2-9,17H,10-11,16H2,1H3. The highest BCUT2D eigenvalue weighted by Gasteiger charge is 2.14. The number of nitrogens with two attached hydrogens (primary N) is 1. The molecule has 112 valence electrons. The Hall–Kier alpha value is -1.89. The predicted molar refractivity (Wildman–Crippen MR) is 82.3 cm³/mol. The Morgan fingerprint density at radius 2 is 1.81 bits per heavy atom. The first kappa shape index (κ1) is 15.5. The highest BCUT2D eigenvalue weighted by atomic mass is 32.2. The molecule has 0 saturated carbocycles. The maximum Gasteiger partial charge on any atom is 0.261 e. The van der Waals surface area contributed by atoms with Crippen LogP contribution in [-0.2, 0) is 27.9 Å². The van der Waals surface area contributed by atoms with Crippen LogP contribution in [0.5, 0.6) is 0 Å². The molecule has 0 bridgehead atoms. The van der Waals surface area contributed by atoms with Crippen LogP contribution in [0.4, 0.5) is 5.69 Å². The third-order valence-electron chi connectivity index (χ3n) is 2.96. The Bertz CT molecular complexity index is 697. The Morgan fingerprint density at radius 3 is 2.43 bits per heavy atom. The third kappa shape index (κ3) is 4.04. The van der Waals surface area contributed by atoms with Gasteiger partial charge in [0.25, 0.3) is 10.0 Å². The maximum atomic E-state index is 12.3. The molecule has 0 heterocycles. The lowest BCUT2D eigenvalue weighted by Crippen LogP contribution is -2.13. The van der Waals surface area contributed by atoms with E-state index in [0.717, 1.165) is 11.1 Å². The van der Waals surface area contributed by atoms with Crippen molar-refractivity contribution >= 4 is 15.7 Å². The molecule has 0 unspecified atom stereocenters. The van der Waals surface area contributed by atoms with Crippen molar-refractivity contribution in [2.24, 2.45) is 5.73 Å². The van der Waals surface area contributed by atoms with Crippen molar-refractivity contribution in [3.63, 3.8) is 0 Å². The number of hydrogen-bond acceptors (Lipinski definition) is 4. The van der Waals surface area contributed by atoms with Gasteiger partial charge in [0.1, 0.15) is 0 Å². The van der Waals surface area contributed by atoms with Crippen molar-refractivity contribution in [2.45, 2.75) is 18.0 Å². The number of benzene rings is 2. The second-order valence-electron chi connectivity index (χ2n) is 4.59. The zero-order chi connectivity index (χ0) is 15.3. The van der Waals surface area contributed by atoms with Gasteiger partial charge in [0.05, 0.1) is 11.5 Å². The lowest BCUT2D eigenvalue weighted by Gasteiger charge is -2.10. The van der Waals surface area contributed by atoms with E-state index in [1.807, 2.05) is 6.07 Å². The van der Waals surface area contributed by atoms with Crippen molar-refractivity contribution in [1.29, 1.82) is 0 Å². The highest BCUT2D eigenvalue weighted by molar-refractivity contribution is 7.92. The van der Waals surface area contributed by atoms with Gasteiger partial charge in [0.2, 0.25) is 0 Å². The lowest BCUT2D eigenvalue weighted by atomic mass is 10.2. The van der Waals surface area contributed by atoms with Gasteiger partial charge in [0.15, 0.2) is 0 Å². The third-order valence-corrected chi connectivity index (χ3v) is 4.36. The second kappa shape index (κ2) is 6.71. The van der Waals surface area contributed by atoms with Gasteiger partial charge < -0.3 is 10.5 Å². The summed E-state index contributed by atoms with van der Waals surface area (Å²) in [4.78, 5) is 0.205. The fourth-order valence-electron chi connectivity index (χ4n) is 1.91. The van der Waals surface area contributed by atoms with Crippen LogP contribution in [0.1, 0.15) is 11.1 Å². The summed E-state index contributed by atoms with van der Waals surface area (Å²) in [7, 11) is -2.01. The van der Waals surface area contributed by atoms with Gasteiger partial charge in [-0.2, -0.15) is 0 Å². The van der Waals surface area contributed by atoms with Gasteiger partial charge in [-0.25, -0.2) is 8.42 Å². The summed E-state index contributed by atoms with van der Waals surface area (Å²) >= 11 is 0. The van der Waals surface area contributed by atoms with E-state index >= 15 is 0 Å². The number of anilines is 1. The van der Waals surface area contributed by atoms with Gasteiger partial charge in [-0.3, -0.25) is 4.72 Å². The van der Waals surface area contributed by atoms with Crippen LogP contribution in [-0.4, -0.2) is 15.5 Å². The number of rotatable bonds is 6. The molecule has 0 aliphatic carbocycles. The van der Waals surface area contributed by atoms with E-state index in [9.17, 15) is 8.42 Å². The van der Waals surface area contributed by atoms with E-state index in [-0.39, 0.29) is 4.90 Å². The molecule has 0 aromatic heterocycles. The van der Waals surface area contributed by atoms with Crippen LogP contribution in [0.25, 0.3) is 0 Å². The van der Waals surface area contributed by atoms with Crippen LogP contribution in [0.2, 0.25) is 0 Å². The van der Waals surface area contributed by atoms with Crippen molar-refractivity contribution in [3.8, 4) is 0 Å². The lowest BCUT2D eigenvalue weighted by molar-refractivity contribution is 0.185. The molecule has 0 fully saturated rings. The molecule has 2 aromatic rings. The summed E-state index contributed by atoms with van der Waals surface area (Å²) in [5.74, 6) is 0. The zero-order valence-electron chi connectivity index (χ0n) is 11.7. The first-order chi connectivity index (χ1) is 10.0. The summed E-state index contributed by atoms with van der Waals surface area (Å²) in [6.45, 7) is 0.813. The largest absolute Gasteiger partial charge is 0.380 e. The van der Waals surface area contributed by atoms with E-state index in [0.29, 0.717) is 18.8 Å². The fourth-order valence-corrected chi connectivity index (χ4v) is 2.96. The molecule has 2 rings (SSSR count). The summed E-state index contributed by atoms with van der Waals surface area (Å²) in [6, 6.07) is 13.6. The normalized spacial score (nSPS) is 11.3. The molecular formula is C15H18N2O3S. The van der Waals surface area contributed by atoms with Gasteiger partial charge in [0, 0.05) is 19.3 Å². The molecule has 0 radical (unpaired) electrons. The number of nitrogens with one attached hydrogen (secondary N) is 1. The van der Waals surface area contributed by atoms with Crippen molar-refractivity contribution < 1.29 is 13.2 Å². The summed E-state index contributed by atoms with van der Waals surface area (Å²) in [5.41, 5.74) is 7.79. The van der Waals surface area contributed by atoms with Gasteiger partial charge in [-0.15, -0.1) is 0 Å². The zero-order valence-corrected chi connectivity index (χ0v) is 12.6. The average Bonchev–Trinajstić information content (AvgIpc) is 2.47. The van der Waals surface area contributed by atoms with Crippen LogP contribution in [0.15, 0.2) is 53.4 Å². The molecule has 0 saturated heterocycles. The predicted octanol–water partition coefficient (Wildman–Crippen LogP) is 2.09. The molecule has 0 aliphatic heterocycles. The SMILES string of the molecule is COCc1cccc(NS(=O)(=O)c2ccc(CN)cc2)c1. The molecular weight excluding hydrogens is 288 g/mol. The topological polar surface area (TPSA) is 81.4 Å². The van der Waals surface area contributed by atoms with E-state index in [1.54, 1.807) is 49.6 Å². The Kier molecular flexibility index (Phi) is 4.95. The summed E-state index contributed by atoms with van der Waals surface area (Å²) in [5, 5.41) is 0. The number of methoxy groups -OCH3 is 1. The molecule has 3 N–H and O–H groups in total. The minimum Gasteiger partial charge on any atom is -0.380 e. The van der Waals surface area contributed by atoms with Gasteiger partial charge >= 0.3 is 0 Å². The minimum absolute atomic E-state index is 0.205. The molecule has 0 aliphatic rings. The van der Waals surface area contributed by atoms with Crippen molar-refractivity contribution in [1.82, 2.24) is 0 Å². The first-order valence-electron chi connectivity index (χ1n) is 6.45. The van der Waals surface area contributed by atoms with Crippen LogP contribution in [0.3, 0.4) is 0 Å². The molecule has 5 nitrogen and oxygen atoms in total. The maximum absolute atomic E-state index is 12.3. The molecule has 2 aromatic carbocycles. The van der Waals surface area contributed by atoms with E-state index < -0.39 is 10.0 Å². The molecule has 21 heavy (non-hydrogen) atoms. The van der Waals surface area contributed by atoms with Gasteiger partial charge in [-0.1, -0.05) is 24.3 Å². The van der Waals surface area contributed by atoms with Crippen molar-refractivity contribution in [2.75, 3.05) is 11.8 Å². The first-order valence-corrected chi connectivity index (χ1v) is 7.93. The monoisotopic (exact) mass is 306 g/mol. The van der Waals surface area contributed by atoms with E-state index in [4.69, 9.17) is 10.5 Å². The Labute approximate surface area is 124 Å². The Morgan fingerprint density at radius 1 is 1.10 bits per heavy atom. The minimum atomic E-state index is -3.60. The number of hydrogen-bond donors (Lipinski definition) is 2. The fraction of sp³-hybridized carbons (Fsp3) is 0.200. The van der Waals surface area contributed by atoms with Crippen LogP contribution >= 0.6 is 0 Å². The molecule has 0 amide bonds.